The molecule has 2 N–H and O–H groups in total. The van der Waals surface area contributed by atoms with Crippen molar-refractivity contribution in [1.29, 1.82) is 0 Å². The van der Waals surface area contributed by atoms with Crippen molar-refractivity contribution in [2.45, 2.75) is 6.92 Å². The summed E-state index contributed by atoms with van der Waals surface area (Å²) in [7, 11) is 0. The van der Waals surface area contributed by atoms with Crippen molar-refractivity contribution in [3.8, 4) is 11.4 Å². The van der Waals surface area contributed by atoms with Crippen LogP contribution < -0.4 is 11.2 Å². The first-order valence-electron chi connectivity index (χ1n) is 9.59. The Bertz CT molecular complexity index is 1390. The molecule has 0 saturated carbocycles. The second kappa shape index (κ2) is 8.99. The molecular formula is C23H18ClFN6O. The van der Waals surface area contributed by atoms with Gasteiger partial charge in [0.1, 0.15) is 5.69 Å². The molecule has 9 heteroatoms. The van der Waals surface area contributed by atoms with E-state index in [2.05, 4.69) is 15.2 Å². The molecule has 0 radical (unpaired) electrons. The van der Waals surface area contributed by atoms with Crippen molar-refractivity contribution >= 4 is 23.0 Å². The van der Waals surface area contributed by atoms with Crippen LogP contribution in [0.4, 0.5) is 10.1 Å². The summed E-state index contributed by atoms with van der Waals surface area (Å²) < 4.78 is 17.8. The molecule has 2 heterocycles. The lowest BCUT2D eigenvalue weighted by Gasteiger charge is -2.12. The Labute approximate surface area is 187 Å². The Hall–Kier alpha value is -4.04. The Morgan fingerprint density at radius 3 is 2.66 bits per heavy atom. The summed E-state index contributed by atoms with van der Waals surface area (Å²) in [6.45, 7) is 1.71. The smallest absolute Gasteiger partial charge is 0.209 e. The number of aliphatic imine (C=N–C) groups is 1. The first kappa shape index (κ1) is 21.2. The highest BCUT2D eigenvalue weighted by molar-refractivity contribution is 6.30. The molecule has 0 saturated heterocycles. The standard InChI is InChI=1S/C23H18ClFN6O/c1-15(14-26)22(28-17-5-2-4-16(24)12-17)23-21(32)8-11-31(29-23)20-7-6-18(13-19(20)25)30-10-3-9-27-30/h2-14H,26H2,1H3. The molecule has 0 aliphatic carbocycles. The van der Waals surface area contributed by atoms with Crippen LogP contribution in [0.5, 0.6) is 0 Å². The maximum absolute atomic E-state index is 14.9. The van der Waals surface area contributed by atoms with Gasteiger partial charge >= 0.3 is 0 Å². The van der Waals surface area contributed by atoms with Crippen LogP contribution >= 0.6 is 11.6 Å². The number of aromatic nitrogens is 4. The summed E-state index contributed by atoms with van der Waals surface area (Å²) >= 11 is 6.05. The molecule has 0 unspecified atom stereocenters. The first-order chi connectivity index (χ1) is 15.5. The van der Waals surface area contributed by atoms with Crippen molar-refractivity contribution < 1.29 is 4.39 Å². The highest BCUT2D eigenvalue weighted by atomic mass is 35.5. The maximum atomic E-state index is 14.9. The van der Waals surface area contributed by atoms with Crippen LogP contribution in [0.15, 0.2) is 94.7 Å². The predicted octanol–water partition coefficient (Wildman–Crippen LogP) is 4.19. The number of hydrogen-bond donors (Lipinski definition) is 1. The molecule has 4 rings (SSSR count). The average molecular weight is 449 g/mol. The minimum atomic E-state index is -0.528. The molecule has 160 valence electrons. The van der Waals surface area contributed by atoms with E-state index in [0.29, 0.717) is 22.0 Å². The van der Waals surface area contributed by atoms with Crippen molar-refractivity contribution in [3.63, 3.8) is 0 Å². The maximum Gasteiger partial charge on any atom is 0.209 e. The fourth-order valence-electron chi connectivity index (χ4n) is 3.03. The molecule has 7 nitrogen and oxygen atoms in total. The van der Waals surface area contributed by atoms with E-state index in [-0.39, 0.29) is 22.5 Å². The number of nitrogens with zero attached hydrogens (tertiary/aromatic N) is 5. The fraction of sp³-hybridized carbons (Fsp3) is 0.0435. The van der Waals surface area contributed by atoms with Gasteiger partial charge in [0.2, 0.25) is 5.43 Å². The normalized spacial score (nSPS) is 12.2. The zero-order valence-electron chi connectivity index (χ0n) is 17.0. The highest BCUT2D eigenvalue weighted by Crippen LogP contribution is 2.21. The van der Waals surface area contributed by atoms with E-state index in [9.17, 15) is 9.18 Å². The van der Waals surface area contributed by atoms with Crippen molar-refractivity contribution in [3.05, 3.63) is 112 Å². The van der Waals surface area contributed by atoms with Gasteiger partial charge in [0, 0.05) is 35.7 Å². The Morgan fingerprint density at radius 1 is 1.12 bits per heavy atom. The number of rotatable bonds is 5. The number of nitrogens with two attached hydrogens (primary N) is 1. The minimum Gasteiger partial charge on any atom is -0.404 e. The first-order valence-corrected chi connectivity index (χ1v) is 9.97. The van der Waals surface area contributed by atoms with Crippen LogP contribution in [-0.4, -0.2) is 25.3 Å². The van der Waals surface area contributed by atoms with Gasteiger partial charge < -0.3 is 5.73 Å². The molecule has 0 amide bonds. The van der Waals surface area contributed by atoms with Gasteiger partial charge in [-0.3, -0.25) is 4.79 Å². The van der Waals surface area contributed by atoms with Gasteiger partial charge in [0.15, 0.2) is 11.5 Å². The van der Waals surface area contributed by atoms with E-state index in [1.807, 2.05) is 0 Å². The molecule has 2 aromatic carbocycles. The summed E-state index contributed by atoms with van der Waals surface area (Å²) in [5, 5.41) is 8.96. The number of hydrogen-bond acceptors (Lipinski definition) is 5. The molecule has 0 aliphatic rings. The molecule has 4 aromatic rings. The average Bonchev–Trinajstić information content (AvgIpc) is 3.33. The lowest BCUT2D eigenvalue weighted by atomic mass is 10.1. The summed E-state index contributed by atoms with van der Waals surface area (Å²) in [6.07, 6.45) is 6.05. The lowest BCUT2D eigenvalue weighted by molar-refractivity contribution is 0.606. The van der Waals surface area contributed by atoms with Crippen molar-refractivity contribution in [2.75, 3.05) is 0 Å². The van der Waals surface area contributed by atoms with Crippen LogP contribution in [0, 0.1) is 5.82 Å². The highest BCUT2D eigenvalue weighted by Gasteiger charge is 2.16. The molecule has 0 aliphatic heterocycles. The zero-order valence-corrected chi connectivity index (χ0v) is 17.7. The van der Waals surface area contributed by atoms with Gasteiger partial charge in [-0.25, -0.2) is 18.7 Å². The van der Waals surface area contributed by atoms with E-state index in [0.717, 1.165) is 0 Å². The van der Waals surface area contributed by atoms with E-state index in [1.54, 1.807) is 66.5 Å². The van der Waals surface area contributed by atoms with E-state index >= 15 is 0 Å². The van der Waals surface area contributed by atoms with E-state index < -0.39 is 5.82 Å². The zero-order chi connectivity index (χ0) is 22.7. The van der Waals surface area contributed by atoms with Crippen LogP contribution in [-0.2, 0) is 0 Å². The minimum absolute atomic E-state index is 0.0298. The summed E-state index contributed by atoms with van der Waals surface area (Å²) in [5.74, 6) is -0.528. The molecule has 0 spiro atoms. The fourth-order valence-corrected chi connectivity index (χ4v) is 3.22. The third-order valence-corrected chi connectivity index (χ3v) is 4.89. The van der Waals surface area contributed by atoms with Gasteiger partial charge in [-0.05, 0) is 55.1 Å². The van der Waals surface area contributed by atoms with Gasteiger partial charge in [-0.15, -0.1) is 0 Å². The quantitative estimate of drug-likeness (QED) is 0.463. The Balaban J connectivity index is 1.82. The Kier molecular flexibility index (Phi) is 5.96. The Morgan fingerprint density at radius 2 is 1.97 bits per heavy atom. The third kappa shape index (κ3) is 4.35. The van der Waals surface area contributed by atoms with Gasteiger partial charge in [0.25, 0.3) is 0 Å². The largest absolute Gasteiger partial charge is 0.404 e. The van der Waals surface area contributed by atoms with Crippen LogP contribution in [0.2, 0.25) is 5.02 Å². The number of allylic oxidation sites excluding steroid dienone is 1. The molecular weight excluding hydrogens is 431 g/mol. The summed E-state index contributed by atoms with van der Waals surface area (Å²) in [6, 6.07) is 14.5. The predicted molar refractivity (Wildman–Crippen MR) is 123 cm³/mol. The van der Waals surface area contributed by atoms with Gasteiger partial charge in [0.05, 0.1) is 17.1 Å². The van der Waals surface area contributed by atoms with Gasteiger partial charge in [-0.1, -0.05) is 17.7 Å². The molecule has 32 heavy (non-hydrogen) atoms. The summed E-state index contributed by atoms with van der Waals surface area (Å²) in [5.41, 5.74) is 7.41. The number of halogens is 2. The lowest BCUT2D eigenvalue weighted by Crippen LogP contribution is -2.22. The second-order valence-corrected chi connectivity index (χ2v) is 7.29. The molecule has 0 fully saturated rings. The van der Waals surface area contributed by atoms with E-state index in [4.69, 9.17) is 17.3 Å². The number of benzene rings is 2. The van der Waals surface area contributed by atoms with Crippen LogP contribution in [0.25, 0.3) is 11.4 Å². The SMILES string of the molecule is CC(=CN)C(=Nc1cccc(Cl)c1)c1nn(-c2ccc(-n3cccn3)cc2F)ccc1=O. The molecule has 2 aromatic heterocycles. The topological polar surface area (TPSA) is 91.1 Å². The monoisotopic (exact) mass is 448 g/mol. The van der Waals surface area contributed by atoms with Crippen molar-refractivity contribution in [2.24, 2.45) is 10.7 Å². The van der Waals surface area contributed by atoms with Crippen LogP contribution in [0.3, 0.4) is 0 Å². The van der Waals surface area contributed by atoms with Crippen LogP contribution in [0.1, 0.15) is 12.6 Å². The second-order valence-electron chi connectivity index (χ2n) is 6.85. The van der Waals surface area contributed by atoms with E-state index in [1.165, 1.54) is 29.2 Å². The van der Waals surface area contributed by atoms with Crippen molar-refractivity contribution in [1.82, 2.24) is 19.6 Å². The molecule has 0 bridgehead atoms. The third-order valence-electron chi connectivity index (χ3n) is 4.65. The molecule has 0 atom stereocenters. The summed E-state index contributed by atoms with van der Waals surface area (Å²) in [4.78, 5) is 17.2. The van der Waals surface area contributed by atoms with Gasteiger partial charge in [-0.2, -0.15) is 10.2 Å².